The van der Waals surface area contributed by atoms with E-state index in [1.165, 1.54) is 11.1 Å². The maximum absolute atomic E-state index is 3.97. The van der Waals surface area contributed by atoms with Gasteiger partial charge in [-0.15, -0.1) is 0 Å². The van der Waals surface area contributed by atoms with Crippen molar-refractivity contribution in [3.05, 3.63) is 34.5 Å². The molecule has 0 aliphatic carbocycles. The molecule has 0 spiro atoms. The summed E-state index contributed by atoms with van der Waals surface area (Å²) in [5.41, 5.74) is 2.50. The Balaban J connectivity index is 2.73. The van der Waals surface area contributed by atoms with Crippen molar-refractivity contribution in [3.8, 4) is 0 Å². The van der Waals surface area contributed by atoms with Crippen molar-refractivity contribution in [1.29, 1.82) is 0 Å². The molecule has 0 aliphatic rings. The molecule has 1 N–H and O–H groups in total. The number of hydrogen-bond donors (Lipinski definition) is 1. The molecule has 0 radical (unpaired) electrons. The van der Waals surface area contributed by atoms with Crippen molar-refractivity contribution < 1.29 is 0 Å². The zero-order valence-electron chi connectivity index (χ0n) is 7.63. The smallest absolute Gasteiger partial charge is 0.0538 e. The minimum atomic E-state index is 0.334. The van der Waals surface area contributed by atoms with Crippen LogP contribution in [0, 0.1) is 0 Å². The average Bonchev–Trinajstić information content (AvgIpc) is 2.51. The van der Waals surface area contributed by atoms with Crippen LogP contribution in [0.15, 0.2) is 29.0 Å². The molecule has 1 heterocycles. The molecule has 0 saturated carbocycles. The lowest BCUT2D eigenvalue weighted by molar-refractivity contribution is 0.623. The molecule has 1 rings (SSSR count). The minimum absolute atomic E-state index is 0.334. The molecule has 1 atom stereocenters. The molecule has 0 saturated heterocycles. The third kappa shape index (κ3) is 2.19. The van der Waals surface area contributed by atoms with Crippen LogP contribution in [0.2, 0.25) is 0 Å². The highest BCUT2D eigenvalue weighted by Gasteiger charge is 2.09. The lowest BCUT2D eigenvalue weighted by atomic mass is 10.0. The van der Waals surface area contributed by atoms with Crippen LogP contribution < -0.4 is 5.32 Å². The second kappa shape index (κ2) is 4.43. The summed E-state index contributed by atoms with van der Waals surface area (Å²) in [4.78, 5) is 0. The van der Waals surface area contributed by atoms with E-state index in [0.29, 0.717) is 6.04 Å². The fraction of sp³-hybridized carbons (Fsp3) is 0.400. The van der Waals surface area contributed by atoms with Crippen LogP contribution in [0.1, 0.15) is 25.5 Å². The van der Waals surface area contributed by atoms with Gasteiger partial charge in [0.25, 0.3) is 0 Å². The standard InChI is InChI=1S/C10H15NS/c1-4-11-10(8(2)3)9-5-6-12-7-9/h5-7,10-11H,2,4H2,1,3H3. The van der Waals surface area contributed by atoms with Gasteiger partial charge in [-0.1, -0.05) is 19.1 Å². The molecule has 0 amide bonds. The summed E-state index contributed by atoms with van der Waals surface area (Å²) in [6.45, 7) is 9.13. The first-order valence-electron chi connectivity index (χ1n) is 4.16. The summed E-state index contributed by atoms with van der Waals surface area (Å²) in [6, 6.07) is 2.48. The van der Waals surface area contributed by atoms with Crippen LogP contribution in [-0.2, 0) is 0 Å². The van der Waals surface area contributed by atoms with Gasteiger partial charge in [0, 0.05) is 0 Å². The van der Waals surface area contributed by atoms with Crippen LogP contribution in [0.25, 0.3) is 0 Å². The summed E-state index contributed by atoms with van der Waals surface area (Å²) >= 11 is 1.73. The first kappa shape index (κ1) is 9.49. The molecule has 1 nitrogen and oxygen atoms in total. The average molecular weight is 181 g/mol. The molecule has 1 aromatic rings. The number of rotatable bonds is 4. The first-order chi connectivity index (χ1) is 5.75. The van der Waals surface area contributed by atoms with Crippen LogP contribution in [-0.4, -0.2) is 6.54 Å². The van der Waals surface area contributed by atoms with Crippen LogP contribution in [0.4, 0.5) is 0 Å². The maximum atomic E-state index is 3.97. The van der Waals surface area contributed by atoms with Gasteiger partial charge in [0.15, 0.2) is 0 Å². The zero-order valence-corrected chi connectivity index (χ0v) is 8.45. The largest absolute Gasteiger partial charge is 0.307 e. The first-order valence-corrected chi connectivity index (χ1v) is 5.11. The van der Waals surface area contributed by atoms with E-state index >= 15 is 0 Å². The van der Waals surface area contributed by atoms with Gasteiger partial charge in [-0.2, -0.15) is 11.3 Å². The van der Waals surface area contributed by atoms with Gasteiger partial charge in [0.2, 0.25) is 0 Å². The predicted molar refractivity (Wildman–Crippen MR) is 55.6 cm³/mol. The molecular formula is C10H15NS. The van der Waals surface area contributed by atoms with Gasteiger partial charge in [-0.25, -0.2) is 0 Å². The summed E-state index contributed by atoms with van der Waals surface area (Å²) in [5, 5.41) is 7.66. The van der Waals surface area contributed by atoms with Crippen LogP contribution in [0.3, 0.4) is 0 Å². The lowest BCUT2D eigenvalue weighted by Gasteiger charge is -2.16. The third-order valence-electron chi connectivity index (χ3n) is 1.78. The molecule has 0 aromatic carbocycles. The van der Waals surface area contributed by atoms with Crippen molar-refractivity contribution in [3.63, 3.8) is 0 Å². The van der Waals surface area contributed by atoms with E-state index in [4.69, 9.17) is 0 Å². The zero-order chi connectivity index (χ0) is 8.97. The van der Waals surface area contributed by atoms with Crippen molar-refractivity contribution in [1.82, 2.24) is 5.32 Å². The van der Waals surface area contributed by atoms with Gasteiger partial charge in [-0.3, -0.25) is 0 Å². The van der Waals surface area contributed by atoms with E-state index in [1.54, 1.807) is 11.3 Å². The fourth-order valence-electron chi connectivity index (χ4n) is 1.22. The molecule has 0 fully saturated rings. The number of nitrogens with one attached hydrogen (secondary N) is 1. The highest BCUT2D eigenvalue weighted by molar-refractivity contribution is 7.07. The summed E-state index contributed by atoms with van der Waals surface area (Å²) < 4.78 is 0. The highest BCUT2D eigenvalue weighted by Crippen LogP contribution is 2.21. The Morgan fingerprint density at radius 2 is 2.50 bits per heavy atom. The van der Waals surface area contributed by atoms with Crippen molar-refractivity contribution in [2.24, 2.45) is 0 Å². The van der Waals surface area contributed by atoms with E-state index in [2.05, 4.69) is 42.6 Å². The van der Waals surface area contributed by atoms with Crippen LogP contribution in [0.5, 0.6) is 0 Å². The molecule has 1 unspecified atom stereocenters. The molecule has 1 aromatic heterocycles. The predicted octanol–water partition coefficient (Wildman–Crippen LogP) is 2.97. The molecule has 12 heavy (non-hydrogen) atoms. The van der Waals surface area contributed by atoms with Crippen molar-refractivity contribution in [2.75, 3.05) is 6.54 Å². The quantitative estimate of drug-likeness (QED) is 0.704. The van der Waals surface area contributed by atoms with E-state index in [-0.39, 0.29) is 0 Å². The van der Waals surface area contributed by atoms with E-state index in [1.807, 2.05) is 0 Å². The van der Waals surface area contributed by atoms with Gasteiger partial charge in [0.05, 0.1) is 6.04 Å². The SMILES string of the molecule is C=C(C)C(NCC)c1ccsc1. The summed E-state index contributed by atoms with van der Waals surface area (Å²) in [7, 11) is 0. The van der Waals surface area contributed by atoms with E-state index in [0.717, 1.165) is 6.54 Å². The third-order valence-corrected chi connectivity index (χ3v) is 2.48. The second-order valence-electron chi connectivity index (χ2n) is 2.89. The topological polar surface area (TPSA) is 12.0 Å². The Hall–Kier alpha value is -0.600. The van der Waals surface area contributed by atoms with Crippen LogP contribution >= 0.6 is 11.3 Å². The Labute approximate surface area is 78.1 Å². The van der Waals surface area contributed by atoms with E-state index < -0.39 is 0 Å². The Morgan fingerprint density at radius 3 is 2.92 bits per heavy atom. The van der Waals surface area contributed by atoms with E-state index in [9.17, 15) is 0 Å². The molecular weight excluding hydrogens is 166 g/mol. The van der Waals surface area contributed by atoms with Crippen molar-refractivity contribution >= 4 is 11.3 Å². The Bertz CT molecular complexity index is 238. The molecule has 0 aliphatic heterocycles. The lowest BCUT2D eigenvalue weighted by Crippen LogP contribution is -2.20. The van der Waals surface area contributed by atoms with Gasteiger partial charge < -0.3 is 5.32 Å². The molecule has 0 bridgehead atoms. The monoisotopic (exact) mass is 181 g/mol. The summed E-state index contributed by atoms with van der Waals surface area (Å²) in [5.74, 6) is 0. The van der Waals surface area contributed by atoms with Crippen molar-refractivity contribution in [2.45, 2.75) is 19.9 Å². The molecule has 2 heteroatoms. The maximum Gasteiger partial charge on any atom is 0.0538 e. The number of likely N-dealkylation sites (N-methyl/N-ethyl adjacent to an activating group) is 1. The number of thiophene rings is 1. The van der Waals surface area contributed by atoms with Gasteiger partial charge in [0.1, 0.15) is 0 Å². The fourth-order valence-corrected chi connectivity index (χ4v) is 1.91. The van der Waals surface area contributed by atoms with Gasteiger partial charge in [-0.05, 0) is 35.9 Å². The number of hydrogen-bond acceptors (Lipinski definition) is 2. The normalized spacial score (nSPS) is 12.8. The minimum Gasteiger partial charge on any atom is -0.307 e. The van der Waals surface area contributed by atoms with Gasteiger partial charge >= 0.3 is 0 Å². The highest BCUT2D eigenvalue weighted by atomic mass is 32.1. The molecule has 66 valence electrons. The second-order valence-corrected chi connectivity index (χ2v) is 3.67. The Kier molecular flexibility index (Phi) is 3.50. The Morgan fingerprint density at radius 1 is 1.75 bits per heavy atom. The summed E-state index contributed by atoms with van der Waals surface area (Å²) in [6.07, 6.45) is 0.